The number of allylic oxidation sites excluding steroid dienone is 1. The number of ether oxygens (including phenoxy) is 1. The average Bonchev–Trinajstić information content (AvgIpc) is 3.26. The molecule has 1 aliphatic heterocycles. The summed E-state index contributed by atoms with van der Waals surface area (Å²) >= 11 is 1.58. The molecule has 182 valence electrons. The monoisotopic (exact) mass is 530 g/mol. The van der Waals surface area contributed by atoms with Crippen LogP contribution in [0.3, 0.4) is 0 Å². The van der Waals surface area contributed by atoms with E-state index in [1.54, 1.807) is 18.3 Å². The van der Waals surface area contributed by atoms with Crippen molar-refractivity contribution in [2.45, 2.75) is 36.6 Å². The first-order valence-corrected chi connectivity index (χ1v) is 13.8. The molecule has 1 fully saturated rings. The molecular formula is C23H22N4O5S3. The number of hydrogen-bond acceptors (Lipinski definition) is 10. The van der Waals surface area contributed by atoms with Crippen molar-refractivity contribution in [3.8, 4) is 0 Å². The zero-order chi connectivity index (χ0) is 24.9. The number of amides is 1. The molecule has 9 nitrogen and oxygen atoms in total. The van der Waals surface area contributed by atoms with Gasteiger partial charge in [-0.05, 0) is 54.5 Å². The fourth-order valence-corrected chi connectivity index (χ4v) is 7.19. The zero-order valence-corrected chi connectivity index (χ0v) is 21.4. The Morgan fingerprint density at radius 3 is 2.69 bits per heavy atom. The van der Waals surface area contributed by atoms with Gasteiger partial charge in [0.2, 0.25) is 5.91 Å². The number of esters is 1. The molecule has 1 N–H and O–H groups in total. The quantitative estimate of drug-likeness (QED) is 0.0956. The van der Waals surface area contributed by atoms with Crippen LogP contribution in [-0.4, -0.2) is 38.6 Å². The van der Waals surface area contributed by atoms with Crippen LogP contribution >= 0.6 is 32.9 Å². The lowest BCUT2D eigenvalue weighted by atomic mass is 10.1. The van der Waals surface area contributed by atoms with Crippen LogP contribution in [0.15, 0.2) is 64.3 Å². The minimum atomic E-state index is -0.634. The Morgan fingerprint density at radius 2 is 2.03 bits per heavy atom. The average molecular weight is 531 g/mol. The first-order chi connectivity index (χ1) is 16.9. The highest BCUT2D eigenvalue weighted by molar-refractivity contribution is 8.77. The number of hydrogen-bond donors (Lipinski definition) is 1. The van der Waals surface area contributed by atoms with Gasteiger partial charge in [-0.15, -0.1) is 11.3 Å². The van der Waals surface area contributed by atoms with Crippen LogP contribution in [0.25, 0.3) is 10.2 Å². The highest BCUT2D eigenvalue weighted by Gasteiger charge is 2.43. The van der Waals surface area contributed by atoms with Crippen molar-refractivity contribution in [3.63, 3.8) is 0 Å². The molecule has 4 rings (SSSR count). The summed E-state index contributed by atoms with van der Waals surface area (Å²) in [6.07, 6.45) is 0.307. The van der Waals surface area contributed by atoms with Crippen molar-refractivity contribution in [2.75, 3.05) is 6.54 Å². The SMILES string of the molecule is CCN/C(C)=C(\C(=O)OCc1ccc([N+](=O)[O-])cc1)N1C(=O)C[C@H]1SSc1nc2ccccc2s1. The Hall–Kier alpha value is -3.09. The van der Waals surface area contributed by atoms with Crippen LogP contribution in [-0.2, 0) is 20.9 Å². The van der Waals surface area contributed by atoms with Crippen molar-refractivity contribution >= 4 is 60.7 Å². The van der Waals surface area contributed by atoms with Gasteiger partial charge in [-0.1, -0.05) is 22.9 Å². The Balaban J connectivity index is 1.45. The van der Waals surface area contributed by atoms with Crippen LogP contribution in [0.1, 0.15) is 25.8 Å². The first kappa shape index (κ1) is 25.0. The lowest BCUT2D eigenvalue weighted by molar-refractivity contribution is -0.384. The second-order valence-electron chi connectivity index (χ2n) is 7.55. The van der Waals surface area contributed by atoms with E-state index in [1.807, 2.05) is 31.2 Å². The van der Waals surface area contributed by atoms with Gasteiger partial charge in [0.25, 0.3) is 5.69 Å². The number of para-hydroxylation sites is 1. The second-order valence-corrected chi connectivity index (χ2v) is 11.2. The van der Waals surface area contributed by atoms with E-state index >= 15 is 0 Å². The summed E-state index contributed by atoms with van der Waals surface area (Å²) in [7, 11) is 2.96. The number of carbonyl (C=O) groups is 2. The fraction of sp³-hybridized carbons (Fsp3) is 0.261. The molecule has 0 unspecified atom stereocenters. The zero-order valence-electron chi connectivity index (χ0n) is 18.9. The van der Waals surface area contributed by atoms with Crippen LogP contribution in [0.5, 0.6) is 0 Å². The summed E-state index contributed by atoms with van der Waals surface area (Å²) < 4.78 is 7.46. The van der Waals surface area contributed by atoms with Crippen molar-refractivity contribution in [2.24, 2.45) is 0 Å². The number of nitrogens with one attached hydrogen (secondary N) is 1. The Kier molecular flexibility index (Phi) is 7.93. The molecule has 1 aliphatic rings. The topological polar surface area (TPSA) is 115 Å². The van der Waals surface area contributed by atoms with Gasteiger partial charge in [0.05, 0.1) is 21.6 Å². The molecule has 1 atom stereocenters. The molecule has 0 bridgehead atoms. The van der Waals surface area contributed by atoms with Gasteiger partial charge in [0.15, 0.2) is 4.34 Å². The van der Waals surface area contributed by atoms with Gasteiger partial charge < -0.3 is 10.1 Å². The molecule has 35 heavy (non-hydrogen) atoms. The maximum absolute atomic E-state index is 13.1. The molecule has 1 amide bonds. The van der Waals surface area contributed by atoms with Crippen molar-refractivity contribution in [1.82, 2.24) is 15.2 Å². The minimum absolute atomic E-state index is 0.0414. The highest BCUT2D eigenvalue weighted by atomic mass is 33.1. The van der Waals surface area contributed by atoms with Gasteiger partial charge in [0, 0.05) is 24.4 Å². The minimum Gasteiger partial charge on any atom is -0.456 e. The number of nitro groups is 1. The molecule has 2 aromatic carbocycles. The Morgan fingerprint density at radius 1 is 1.29 bits per heavy atom. The molecule has 0 aliphatic carbocycles. The molecule has 12 heteroatoms. The summed E-state index contributed by atoms with van der Waals surface area (Å²) in [4.78, 5) is 42.1. The largest absolute Gasteiger partial charge is 0.456 e. The number of β-lactam (4-membered cyclic amide) rings is 1. The summed E-state index contributed by atoms with van der Waals surface area (Å²) in [6.45, 7) is 4.14. The Labute approximate surface area is 213 Å². The number of carbonyl (C=O) groups excluding carboxylic acids is 2. The number of likely N-dealkylation sites (tertiary alicyclic amines) is 1. The molecular weight excluding hydrogens is 508 g/mol. The number of nitro benzene ring substituents is 1. The summed E-state index contributed by atoms with van der Waals surface area (Å²) in [5.41, 5.74) is 2.22. The van der Waals surface area contributed by atoms with E-state index in [9.17, 15) is 19.7 Å². The third-order valence-corrected chi connectivity index (χ3v) is 9.17. The number of rotatable bonds is 10. The highest BCUT2D eigenvalue weighted by Crippen LogP contribution is 2.45. The van der Waals surface area contributed by atoms with E-state index in [0.29, 0.717) is 24.2 Å². The van der Waals surface area contributed by atoms with E-state index in [1.165, 1.54) is 50.8 Å². The molecule has 3 aromatic rings. The third kappa shape index (κ3) is 5.77. The number of fused-ring (bicyclic) bond motifs is 1. The predicted octanol–water partition coefficient (Wildman–Crippen LogP) is 5.09. The molecule has 0 saturated carbocycles. The summed E-state index contributed by atoms with van der Waals surface area (Å²) in [5.74, 6) is -0.794. The van der Waals surface area contributed by atoms with Gasteiger partial charge >= 0.3 is 5.97 Å². The van der Waals surface area contributed by atoms with Gasteiger partial charge in [-0.3, -0.25) is 19.8 Å². The van der Waals surface area contributed by atoms with E-state index in [0.717, 1.165) is 14.6 Å². The number of non-ortho nitro benzene ring substituents is 1. The van der Waals surface area contributed by atoms with Gasteiger partial charge in [-0.2, -0.15) is 0 Å². The van der Waals surface area contributed by atoms with Crippen LogP contribution in [0, 0.1) is 10.1 Å². The smallest absolute Gasteiger partial charge is 0.357 e. The number of benzene rings is 2. The van der Waals surface area contributed by atoms with E-state index in [2.05, 4.69) is 10.3 Å². The van der Waals surface area contributed by atoms with Crippen LogP contribution < -0.4 is 5.32 Å². The number of nitrogens with zero attached hydrogens (tertiary/aromatic N) is 3. The second kappa shape index (κ2) is 11.1. The van der Waals surface area contributed by atoms with Crippen molar-refractivity contribution < 1.29 is 19.2 Å². The van der Waals surface area contributed by atoms with Crippen molar-refractivity contribution in [3.05, 3.63) is 75.6 Å². The van der Waals surface area contributed by atoms with E-state index < -0.39 is 10.9 Å². The predicted molar refractivity (Wildman–Crippen MR) is 138 cm³/mol. The van der Waals surface area contributed by atoms with E-state index in [4.69, 9.17) is 4.74 Å². The fourth-order valence-electron chi connectivity index (χ4n) is 3.43. The maximum Gasteiger partial charge on any atom is 0.357 e. The summed E-state index contributed by atoms with van der Waals surface area (Å²) in [6, 6.07) is 13.7. The Bertz CT molecular complexity index is 1260. The maximum atomic E-state index is 13.1. The normalized spacial score (nSPS) is 16.0. The lowest BCUT2D eigenvalue weighted by Crippen LogP contribution is -2.52. The van der Waals surface area contributed by atoms with Gasteiger partial charge in [-0.25, -0.2) is 9.78 Å². The molecule has 0 spiro atoms. The van der Waals surface area contributed by atoms with Crippen LogP contribution in [0.2, 0.25) is 0 Å². The third-order valence-electron chi connectivity index (χ3n) is 5.16. The first-order valence-electron chi connectivity index (χ1n) is 10.7. The molecule has 1 aromatic heterocycles. The van der Waals surface area contributed by atoms with Gasteiger partial charge in [0.1, 0.15) is 17.7 Å². The number of aromatic nitrogens is 1. The molecule has 1 saturated heterocycles. The molecule has 2 heterocycles. The van der Waals surface area contributed by atoms with E-state index in [-0.39, 0.29) is 29.3 Å². The standard InChI is InChI=1S/C23H22N4O5S3/c1-3-24-14(2)21(22(29)32-13-15-8-10-16(11-9-15)27(30)31)26-19(28)12-20(26)34-35-23-25-17-6-4-5-7-18(17)33-23/h4-11,20,24H,3,12-13H2,1-2H3/b21-14+/t20-/m1/s1. The molecule has 0 radical (unpaired) electrons. The summed E-state index contributed by atoms with van der Waals surface area (Å²) in [5, 5.41) is 13.7. The lowest BCUT2D eigenvalue weighted by Gasteiger charge is -2.40. The van der Waals surface area contributed by atoms with Crippen LogP contribution in [0.4, 0.5) is 5.69 Å². The van der Waals surface area contributed by atoms with Crippen molar-refractivity contribution in [1.29, 1.82) is 0 Å². The number of thiazole rings is 1.